The molecule has 0 saturated carbocycles. The Labute approximate surface area is 187 Å². The van der Waals surface area contributed by atoms with Crippen LogP contribution in [0.15, 0.2) is 61.2 Å². The predicted octanol–water partition coefficient (Wildman–Crippen LogP) is 4.25. The van der Waals surface area contributed by atoms with Crippen LogP contribution in [-0.2, 0) is 12.7 Å². The van der Waals surface area contributed by atoms with E-state index >= 15 is 0 Å². The van der Waals surface area contributed by atoms with Gasteiger partial charge in [0.2, 0.25) is 5.82 Å². The molecule has 172 valence electrons. The Balaban J connectivity index is 1.65. The van der Waals surface area contributed by atoms with Gasteiger partial charge >= 0.3 is 6.18 Å². The molecule has 0 unspecified atom stereocenters. The first-order valence-corrected chi connectivity index (χ1v) is 9.84. The molecule has 2 aromatic carbocycles. The zero-order chi connectivity index (χ0) is 23.4. The average molecular weight is 459 g/mol. The molecule has 33 heavy (non-hydrogen) atoms. The molecule has 2 aromatic heterocycles. The van der Waals surface area contributed by atoms with Crippen LogP contribution in [0, 0.1) is 0 Å². The van der Waals surface area contributed by atoms with E-state index in [-0.39, 0.29) is 11.5 Å². The van der Waals surface area contributed by atoms with Crippen molar-refractivity contribution >= 4 is 0 Å². The second-order valence-electron chi connectivity index (χ2n) is 6.89. The third-order valence-electron chi connectivity index (χ3n) is 4.83. The summed E-state index contributed by atoms with van der Waals surface area (Å²) in [5.41, 5.74) is 0.621. The smallest absolute Gasteiger partial charge is 0.452 e. The van der Waals surface area contributed by atoms with E-state index < -0.39 is 12.0 Å². The van der Waals surface area contributed by atoms with Crippen molar-refractivity contribution in [1.82, 2.24) is 24.3 Å². The van der Waals surface area contributed by atoms with Crippen molar-refractivity contribution in [3.8, 4) is 34.3 Å². The number of rotatable bonds is 8. The Morgan fingerprint density at radius 1 is 0.939 bits per heavy atom. The number of aromatic nitrogens is 5. The molecular weight excluding hydrogens is 439 g/mol. The lowest BCUT2D eigenvalue weighted by molar-refractivity contribution is -0.146. The molecule has 4 rings (SSSR count). The van der Waals surface area contributed by atoms with Gasteiger partial charge in [-0.25, -0.2) is 4.98 Å². The summed E-state index contributed by atoms with van der Waals surface area (Å²) in [5.74, 6) is 0.201. The number of benzene rings is 2. The minimum Gasteiger partial charge on any atom is -0.493 e. The summed E-state index contributed by atoms with van der Waals surface area (Å²) in [6.45, 7) is 0.974. The molecule has 0 saturated heterocycles. The van der Waals surface area contributed by atoms with Crippen LogP contribution in [-0.4, -0.2) is 45.1 Å². The van der Waals surface area contributed by atoms with Crippen molar-refractivity contribution in [2.24, 2.45) is 0 Å². The van der Waals surface area contributed by atoms with Gasteiger partial charge in [-0.2, -0.15) is 13.2 Å². The molecule has 0 bridgehead atoms. The third-order valence-corrected chi connectivity index (χ3v) is 4.83. The quantitative estimate of drug-likeness (QED) is 0.392. The van der Waals surface area contributed by atoms with Crippen LogP contribution < -0.4 is 14.2 Å². The van der Waals surface area contributed by atoms with E-state index in [2.05, 4.69) is 15.2 Å². The van der Waals surface area contributed by atoms with Gasteiger partial charge in [-0.1, -0.05) is 0 Å². The Hall–Kier alpha value is -4.02. The number of alkyl halides is 3. The van der Waals surface area contributed by atoms with Crippen LogP contribution in [0.4, 0.5) is 13.2 Å². The van der Waals surface area contributed by atoms with Gasteiger partial charge in [0.05, 0.1) is 27.1 Å². The number of ether oxygens (including phenoxy) is 3. The second-order valence-corrected chi connectivity index (χ2v) is 6.89. The number of methoxy groups -OCH3 is 2. The normalized spacial score (nSPS) is 11.4. The first kappa shape index (κ1) is 22.2. The highest BCUT2D eigenvalue weighted by molar-refractivity contribution is 5.64. The molecule has 8 nitrogen and oxygen atoms in total. The summed E-state index contributed by atoms with van der Waals surface area (Å²) in [6, 6.07) is 11.0. The SMILES string of the molecule is COc1ccc(-c2nnc(C(F)(F)F)n2-c2ccc(OCCn3ccnc3)cc2)cc1OC. The fraction of sp³-hybridized carbons (Fsp3) is 0.227. The number of nitrogens with zero attached hydrogens (tertiary/aromatic N) is 5. The van der Waals surface area contributed by atoms with Gasteiger partial charge < -0.3 is 18.8 Å². The van der Waals surface area contributed by atoms with Crippen molar-refractivity contribution in [2.45, 2.75) is 12.7 Å². The molecule has 0 atom stereocenters. The van der Waals surface area contributed by atoms with E-state index in [1.807, 2.05) is 10.8 Å². The van der Waals surface area contributed by atoms with E-state index in [9.17, 15) is 13.2 Å². The summed E-state index contributed by atoms with van der Waals surface area (Å²) in [7, 11) is 2.92. The van der Waals surface area contributed by atoms with E-state index in [0.717, 1.165) is 4.57 Å². The summed E-state index contributed by atoms with van der Waals surface area (Å²) in [4.78, 5) is 3.96. The van der Waals surface area contributed by atoms with Gasteiger partial charge in [0.15, 0.2) is 17.3 Å². The molecule has 0 aliphatic rings. The topological polar surface area (TPSA) is 76.2 Å². The summed E-state index contributed by atoms with van der Waals surface area (Å²) < 4.78 is 60.1. The standard InChI is InChI=1S/C22H20F3N5O3/c1-31-18-8-3-15(13-19(18)32-2)20-27-28-21(22(23,24)25)30(20)16-4-6-17(7-5-16)33-12-11-29-10-9-26-14-29/h3-10,13-14H,11-12H2,1-2H3. The molecular formula is C22H20F3N5O3. The summed E-state index contributed by atoms with van der Waals surface area (Å²) >= 11 is 0. The highest BCUT2D eigenvalue weighted by Crippen LogP contribution is 2.36. The average Bonchev–Trinajstić information content (AvgIpc) is 3.49. The largest absolute Gasteiger partial charge is 0.493 e. The van der Waals surface area contributed by atoms with E-state index in [0.29, 0.717) is 36.0 Å². The lowest BCUT2D eigenvalue weighted by Gasteiger charge is -2.14. The van der Waals surface area contributed by atoms with Gasteiger partial charge in [-0.15, -0.1) is 10.2 Å². The molecule has 2 heterocycles. The lowest BCUT2D eigenvalue weighted by Crippen LogP contribution is -2.14. The lowest BCUT2D eigenvalue weighted by atomic mass is 10.1. The van der Waals surface area contributed by atoms with Crippen molar-refractivity contribution in [3.63, 3.8) is 0 Å². The van der Waals surface area contributed by atoms with Crippen LogP contribution >= 0.6 is 0 Å². The van der Waals surface area contributed by atoms with Gasteiger partial charge in [-0.05, 0) is 42.5 Å². The molecule has 4 aromatic rings. The van der Waals surface area contributed by atoms with Crippen molar-refractivity contribution in [2.75, 3.05) is 20.8 Å². The number of hydrogen-bond acceptors (Lipinski definition) is 6. The van der Waals surface area contributed by atoms with Crippen LogP contribution in [0.3, 0.4) is 0 Å². The van der Waals surface area contributed by atoms with Gasteiger partial charge in [0.1, 0.15) is 12.4 Å². The fourth-order valence-corrected chi connectivity index (χ4v) is 3.25. The summed E-state index contributed by atoms with van der Waals surface area (Å²) in [6.07, 6.45) is 0.448. The van der Waals surface area contributed by atoms with E-state index in [4.69, 9.17) is 14.2 Å². The monoisotopic (exact) mass is 459 g/mol. The second kappa shape index (κ2) is 9.23. The van der Waals surface area contributed by atoms with Crippen LogP contribution in [0.5, 0.6) is 17.2 Å². The highest BCUT2D eigenvalue weighted by Gasteiger charge is 2.39. The van der Waals surface area contributed by atoms with Crippen molar-refractivity contribution < 1.29 is 27.4 Å². The maximum atomic E-state index is 13.7. The first-order chi connectivity index (χ1) is 15.9. The number of hydrogen-bond donors (Lipinski definition) is 0. The molecule has 0 spiro atoms. The zero-order valence-electron chi connectivity index (χ0n) is 17.8. The molecule has 0 aliphatic carbocycles. The fourth-order valence-electron chi connectivity index (χ4n) is 3.25. The molecule has 0 amide bonds. The minimum atomic E-state index is -4.71. The van der Waals surface area contributed by atoms with Crippen molar-refractivity contribution in [3.05, 3.63) is 67.0 Å². The van der Waals surface area contributed by atoms with Crippen LogP contribution in [0.25, 0.3) is 17.1 Å². The maximum absolute atomic E-state index is 13.7. The Morgan fingerprint density at radius 2 is 1.70 bits per heavy atom. The third kappa shape index (κ3) is 4.76. The van der Waals surface area contributed by atoms with E-state index in [1.165, 1.54) is 26.4 Å². The van der Waals surface area contributed by atoms with Crippen molar-refractivity contribution in [1.29, 1.82) is 0 Å². The number of imidazole rings is 1. The van der Waals surface area contributed by atoms with Crippen LogP contribution in [0.1, 0.15) is 5.82 Å². The minimum absolute atomic E-state index is 0.0112. The van der Waals surface area contributed by atoms with Crippen LogP contribution in [0.2, 0.25) is 0 Å². The van der Waals surface area contributed by atoms with Gasteiger partial charge in [0, 0.05) is 23.6 Å². The molecule has 0 N–H and O–H groups in total. The molecule has 0 radical (unpaired) electrons. The maximum Gasteiger partial charge on any atom is 0.452 e. The first-order valence-electron chi connectivity index (χ1n) is 9.84. The molecule has 11 heteroatoms. The van der Waals surface area contributed by atoms with Gasteiger partial charge in [-0.3, -0.25) is 4.57 Å². The molecule has 0 aliphatic heterocycles. The van der Waals surface area contributed by atoms with E-state index in [1.54, 1.807) is 42.9 Å². The molecule has 0 fully saturated rings. The zero-order valence-corrected chi connectivity index (χ0v) is 17.8. The Bertz CT molecular complexity index is 1210. The van der Waals surface area contributed by atoms with Gasteiger partial charge in [0.25, 0.3) is 0 Å². The Morgan fingerprint density at radius 3 is 2.33 bits per heavy atom. The highest BCUT2D eigenvalue weighted by atomic mass is 19.4. The number of halogens is 3. The Kier molecular flexibility index (Phi) is 6.20. The summed E-state index contributed by atoms with van der Waals surface area (Å²) in [5, 5.41) is 7.23. The predicted molar refractivity (Wildman–Crippen MR) is 113 cm³/mol.